The van der Waals surface area contributed by atoms with E-state index in [1.165, 1.54) is 54.5 Å². The summed E-state index contributed by atoms with van der Waals surface area (Å²) in [5.74, 6) is -4.88. The van der Waals surface area contributed by atoms with E-state index < -0.39 is 96.4 Å². The molecule has 0 aliphatic carbocycles. The van der Waals surface area contributed by atoms with Crippen molar-refractivity contribution in [2.75, 3.05) is 39.9 Å². The number of hydrogen-bond donors (Lipinski definition) is 2. The largest absolute Gasteiger partial charge is 0.456 e. The van der Waals surface area contributed by atoms with E-state index in [-0.39, 0.29) is 44.1 Å². The van der Waals surface area contributed by atoms with Crippen LogP contribution in [0.5, 0.6) is 0 Å². The van der Waals surface area contributed by atoms with E-state index in [0.29, 0.717) is 12.4 Å². The van der Waals surface area contributed by atoms with Crippen LogP contribution in [0.15, 0.2) is 53.6 Å². The fourth-order valence-electron chi connectivity index (χ4n) is 7.10. The summed E-state index contributed by atoms with van der Waals surface area (Å²) in [5, 5.41) is 5.51. The molecule has 16 heteroatoms. The molecule has 1 aromatic rings. The number of hydrogen-bond acceptors (Lipinski definition) is 11. The standard InChI is InChI=1S/C47H73N5O10S.CH4/c1-15-29(5)40-45(57)51(12)34(10)47(59)62-41(30(6)16-2)32(8)37(60-27-63-14)23-22-31(7)46(58)61-38(24-28(3)4)42(54)48-33(9)43(55)52(13)36(25-35-20-18-17-19-21-35)44(56)50(11)26-39(53)49-40;/h16-22,28-29,32-34,36-38,40-41H,15,23-27H2,1-14H3,(H,48,54)(H,49,53);1H4/b30-16+,31-22+;/t29?,32-,33+,34+,36-,37+,38-,40+,41-;/m1./s1. The van der Waals surface area contributed by atoms with Crippen LogP contribution < -0.4 is 10.6 Å². The van der Waals surface area contributed by atoms with E-state index in [1.807, 2.05) is 79.0 Å². The maximum Gasteiger partial charge on any atom is 0.334 e. The Hall–Kier alpha value is -4.70. The van der Waals surface area contributed by atoms with Crippen molar-refractivity contribution < 1.29 is 47.8 Å². The number of benzene rings is 1. The first-order valence-corrected chi connectivity index (χ1v) is 23.2. The average molecular weight is 916 g/mol. The zero-order valence-corrected chi connectivity index (χ0v) is 40.7. The zero-order chi connectivity index (χ0) is 47.7. The Morgan fingerprint density at radius 2 is 1.55 bits per heavy atom. The molecule has 2 N–H and O–H groups in total. The van der Waals surface area contributed by atoms with Gasteiger partial charge >= 0.3 is 11.9 Å². The summed E-state index contributed by atoms with van der Waals surface area (Å²) in [7, 11) is 4.37. The number of allylic oxidation sites excluding steroid dienone is 1. The van der Waals surface area contributed by atoms with E-state index in [1.54, 1.807) is 32.1 Å². The second kappa shape index (κ2) is 27.6. The van der Waals surface area contributed by atoms with Gasteiger partial charge in [-0.1, -0.05) is 91.0 Å². The Morgan fingerprint density at radius 3 is 2.11 bits per heavy atom. The zero-order valence-electron chi connectivity index (χ0n) is 39.9. The molecule has 15 nitrogen and oxygen atoms in total. The minimum atomic E-state index is -1.23. The SMILES string of the molecule is C.C/C=C(\C)[C@H]1OC(=O)[C@H](C)N(C)C(=O)[C@H](C(C)CC)NC(=O)CN(C)C(=O)[C@@H](Cc2ccccc2)N(C)C(=O)[C@H](C)NC(=O)[C@@H](CC(C)C)OC(=O)/C(C)=C/C[C@H](OCSC)[C@H]1C. The van der Waals surface area contributed by atoms with Crippen molar-refractivity contribution in [3.63, 3.8) is 0 Å². The summed E-state index contributed by atoms with van der Waals surface area (Å²) in [5.41, 5.74) is 1.73. The summed E-state index contributed by atoms with van der Waals surface area (Å²) >= 11 is 1.46. The Bertz CT molecular complexity index is 1790. The van der Waals surface area contributed by atoms with Gasteiger partial charge in [0, 0.05) is 39.1 Å². The molecule has 0 aromatic heterocycles. The molecule has 360 valence electrons. The molecule has 64 heavy (non-hydrogen) atoms. The highest BCUT2D eigenvalue weighted by Gasteiger charge is 2.38. The van der Waals surface area contributed by atoms with Crippen LogP contribution in [0.1, 0.15) is 101 Å². The fraction of sp³-hybridized carbons (Fsp3) is 0.646. The summed E-state index contributed by atoms with van der Waals surface area (Å²) in [6.45, 7) is 17.2. The highest BCUT2D eigenvalue weighted by atomic mass is 32.2. The van der Waals surface area contributed by atoms with Crippen molar-refractivity contribution in [2.24, 2.45) is 17.8 Å². The molecule has 0 saturated heterocycles. The molecule has 0 fully saturated rings. The van der Waals surface area contributed by atoms with Gasteiger partial charge in [-0.05, 0) is 76.7 Å². The summed E-state index contributed by atoms with van der Waals surface area (Å²) < 4.78 is 18.2. The predicted octanol–water partition coefficient (Wildman–Crippen LogP) is 5.56. The van der Waals surface area contributed by atoms with E-state index in [2.05, 4.69) is 10.6 Å². The van der Waals surface area contributed by atoms with E-state index in [0.717, 1.165) is 11.1 Å². The molecule has 0 bridgehead atoms. The third-order valence-electron chi connectivity index (χ3n) is 11.7. The highest BCUT2D eigenvalue weighted by Crippen LogP contribution is 2.27. The predicted molar refractivity (Wildman–Crippen MR) is 252 cm³/mol. The van der Waals surface area contributed by atoms with Crippen molar-refractivity contribution in [3.05, 3.63) is 59.2 Å². The van der Waals surface area contributed by atoms with Gasteiger partial charge in [0.2, 0.25) is 23.6 Å². The second-order valence-corrected chi connectivity index (χ2v) is 18.0. The quantitative estimate of drug-likeness (QED) is 0.171. The van der Waals surface area contributed by atoms with Crippen LogP contribution in [0.2, 0.25) is 0 Å². The maximum atomic E-state index is 14.2. The Kier molecular flexibility index (Phi) is 24.7. The van der Waals surface area contributed by atoms with Gasteiger partial charge in [0.05, 0.1) is 18.6 Å². The normalized spacial score (nSPS) is 27.5. The van der Waals surface area contributed by atoms with E-state index in [9.17, 15) is 33.6 Å². The van der Waals surface area contributed by atoms with E-state index >= 15 is 0 Å². The number of nitrogens with one attached hydrogen (secondary N) is 2. The third kappa shape index (κ3) is 16.7. The number of rotatable bonds is 10. The molecule has 0 saturated carbocycles. The third-order valence-corrected chi connectivity index (χ3v) is 12.1. The number of thioether (sulfide) groups is 1. The molecule has 1 unspecified atom stereocenters. The second-order valence-electron chi connectivity index (χ2n) is 17.1. The van der Waals surface area contributed by atoms with Gasteiger partial charge in [-0.15, -0.1) is 11.8 Å². The smallest absolute Gasteiger partial charge is 0.334 e. The lowest BCUT2D eigenvalue weighted by atomic mass is 9.90. The lowest BCUT2D eigenvalue weighted by molar-refractivity contribution is -0.161. The van der Waals surface area contributed by atoms with Crippen LogP contribution in [0.4, 0.5) is 0 Å². The number of carbonyl (C=O) groups is 7. The van der Waals surface area contributed by atoms with Crippen molar-refractivity contribution in [1.82, 2.24) is 25.3 Å². The van der Waals surface area contributed by atoms with Crippen LogP contribution in [-0.2, 0) is 54.2 Å². The molecular formula is C48H77N5O10S. The Morgan fingerprint density at radius 1 is 0.922 bits per heavy atom. The lowest BCUT2D eigenvalue weighted by Crippen LogP contribution is -2.58. The lowest BCUT2D eigenvalue weighted by Gasteiger charge is -2.35. The van der Waals surface area contributed by atoms with Gasteiger partial charge in [-0.2, -0.15) is 0 Å². The van der Waals surface area contributed by atoms with Crippen molar-refractivity contribution >= 4 is 53.2 Å². The molecule has 1 aliphatic rings. The van der Waals surface area contributed by atoms with Gasteiger partial charge in [0.15, 0.2) is 6.10 Å². The van der Waals surface area contributed by atoms with Crippen molar-refractivity contribution in [1.29, 1.82) is 0 Å². The minimum Gasteiger partial charge on any atom is -0.456 e. The van der Waals surface area contributed by atoms with Gasteiger partial charge in [-0.3, -0.25) is 24.0 Å². The van der Waals surface area contributed by atoms with Crippen LogP contribution >= 0.6 is 11.8 Å². The molecule has 9 atom stereocenters. The van der Waals surface area contributed by atoms with E-state index in [4.69, 9.17) is 14.2 Å². The number of amides is 5. The molecule has 0 radical (unpaired) electrons. The van der Waals surface area contributed by atoms with Crippen LogP contribution in [0, 0.1) is 17.8 Å². The van der Waals surface area contributed by atoms with Crippen molar-refractivity contribution in [3.8, 4) is 0 Å². The molecular weight excluding hydrogens is 839 g/mol. The number of ether oxygens (including phenoxy) is 3. The molecule has 1 heterocycles. The molecule has 1 aromatic carbocycles. The average Bonchev–Trinajstić information content (AvgIpc) is 3.26. The summed E-state index contributed by atoms with van der Waals surface area (Å²) in [6.07, 6.45) is 3.86. The number of carbonyl (C=O) groups excluding carboxylic acids is 7. The first kappa shape index (κ1) is 57.3. The van der Waals surface area contributed by atoms with Gasteiger partial charge in [0.1, 0.15) is 30.3 Å². The Labute approximate surface area is 386 Å². The van der Waals surface area contributed by atoms with Crippen LogP contribution in [-0.4, -0.2) is 139 Å². The van der Waals surface area contributed by atoms with Crippen molar-refractivity contribution in [2.45, 2.75) is 145 Å². The fourth-order valence-corrected chi connectivity index (χ4v) is 7.41. The van der Waals surface area contributed by atoms with Crippen LogP contribution in [0.25, 0.3) is 0 Å². The highest BCUT2D eigenvalue weighted by molar-refractivity contribution is 7.98. The maximum absolute atomic E-state index is 14.2. The topological polar surface area (TPSA) is 181 Å². The number of likely N-dealkylation sites (N-methyl/N-ethyl adjacent to an activating group) is 3. The number of cyclic esters (lactones) is 2. The minimum absolute atomic E-state index is 0. The number of esters is 2. The molecule has 2 rings (SSSR count). The first-order valence-electron chi connectivity index (χ1n) is 21.8. The van der Waals surface area contributed by atoms with Crippen LogP contribution in [0.3, 0.4) is 0 Å². The first-order chi connectivity index (χ1) is 29.6. The van der Waals surface area contributed by atoms with Gasteiger partial charge in [-0.25, -0.2) is 9.59 Å². The molecule has 0 spiro atoms. The molecule has 1 aliphatic heterocycles. The monoisotopic (exact) mass is 916 g/mol. The summed E-state index contributed by atoms with van der Waals surface area (Å²) in [4.78, 5) is 101. The summed E-state index contributed by atoms with van der Waals surface area (Å²) in [6, 6.07) is 4.73. The van der Waals surface area contributed by atoms with Gasteiger partial charge in [0.25, 0.3) is 5.91 Å². The Balaban J connectivity index is 0.0000205. The molecule has 5 amide bonds. The number of nitrogens with zero attached hydrogens (tertiary/aromatic N) is 3. The van der Waals surface area contributed by atoms with Gasteiger partial charge < -0.3 is 39.5 Å².